The summed E-state index contributed by atoms with van der Waals surface area (Å²) in [6, 6.07) is 6.51. The minimum absolute atomic E-state index is 0.224. The number of hydrogen-bond acceptors (Lipinski definition) is 4. The Bertz CT molecular complexity index is 1000. The van der Waals surface area contributed by atoms with Crippen LogP contribution in [0.25, 0.3) is 10.9 Å². The Balaban J connectivity index is 1.57. The van der Waals surface area contributed by atoms with Crippen LogP contribution in [0.5, 0.6) is 0 Å². The third kappa shape index (κ3) is 4.40. The van der Waals surface area contributed by atoms with E-state index in [0.29, 0.717) is 18.1 Å². The number of hydrogen-bond donors (Lipinski definition) is 2. The molecule has 2 fully saturated rings. The number of aryl methyl sites for hydroxylation is 1. The molecule has 4 rings (SSSR count). The molecule has 0 unspecified atom stereocenters. The number of amides is 1. The number of nitrogens with zero attached hydrogens (tertiary/aromatic N) is 2. The van der Waals surface area contributed by atoms with Gasteiger partial charge in [-0.2, -0.15) is 0 Å². The molecule has 0 spiro atoms. The van der Waals surface area contributed by atoms with Crippen molar-refractivity contribution in [2.75, 3.05) is 6.54 Å². The maximum atomic E-state index is 12.9. The van der Waals surface area contributed by atoms with Gasteiger partial charge in [0.1, 0.15) is 0 Å². The predicted octanol–water partition coefficient (Wildman–Crippen LogP) is 4.25. The maximum Gasteiger partial charge on any atom is 0.329 e. The highest BCUT2D eigenvalue weighted by Gasteiger charge is 2.34. The monoisotopic (exact) mass is 411 g/mol. The smallest absolute Gasteiger partial charge is 0.329 e. The first-order chi connectivity index (χ1) is 14.0. The number of carboxylic acids is 1. The van der Waals surface area contributed by atoms with Crippen LogP contribution in [0.4, 0.5) is 0 Å². The minimum Gasteiger partial charge on any atom is -0.478 e. The summed E-state index contributed by atoms with van der Waals surface area (Å²) in [6.07, 6.45) is 9.29. The number of nitrogens with one attached hydrogen (secondary N) is 1. The topological polar surface area (TPSA) is 85.8 Å². The average molecular weight is 412 g/mol. The molecule has 1 saturated carbocycles. The number of aromatic nitrogens is 1. The zero-order valence-electron chi connectivity index (χ0n) is 16.5. The average Bonchev–Trinajstić information content (AvgIpc) is 3.21. The predicted molar refractivity (Wildman–Crippen MR) is 116 cm³/mol. The van der Waals surface area contributed by atoms with Gasteiger partial charge in [-0.05, 0) is 55.6 Å². The van der Waals surface area contributed by atoms with E-state index >= 15 is 0 Å². The molecule has 1 amide bonds. The van der Waals surface area contributed by atoms with Gasteiger partial charge in [0.05, 0.1) is 10.9 Å². The number of thioether (sulfide) groups is 1. The Morgan fingerprint density at radius 1 is 1.34 bits per heavy atom. The third-order valence-corrected chi connectivity index (χ3v) is 6.56. The van der Waals surface area contributed by atoms with Gasteiger partial charge in [0.2, 0.25) is 0 Å². The Morgan fingerprint density at radius 2 is 2.14 bits per heavy atom. The second-order valence-corrected chi connectivity index (χ2v) is 8.73. The molecule has 0 radical (unpaired) electrons. The number of carbonyl (C=O) groups excluding carboxylic acids is 1. The number of aliphatic carboxylic acids is 1. The molecule has 1 aromatic heterocycles. The molecule has 29 heavy (non-hydrogen) atoms. The fourth-order valence-corrected chi connectivity index (χ4v) is 5.05. The highest BCUT2D eigenvalue weighted by molar-refractivity contribution is 8.18. The molecule has 2 aliphatic rings. The van der Waals surface area contributed by atoms with Crippen LogP contribution in [0.15, 0.2) is 40.4 Å². The van der Waals surface area contributed by atoms with Gasteiger partial charge in [0, 0.05) is 29.7 Å². The summed E-state index contributed by atoms with van der Waals surface area (Å²) >= 11 is 1.19. The van der Waals surface area contributed by atoms with E-state index in [2.05, 4.69) is 30.1 Å². The Kier molecular flexibility index (Phi) is 5.76. The highest BCUT2D eigenvalue weighted by atomic mass is 32.2. The summed E-state index contributed by atoms with van der Waals surface area (Å²) in [7, 11) is 0. The van der Waals surface area contributed by atoms with Crippen LogP contribution >= 0.6 is 11.8 Å². The molecule has 1 saturated heterocycles. The largest absolute Gasteiger partial charge is 0.478 e. The van der Waals surface area contributed by atoms with Crippen molar-refractivity contribution in [3.05, 3.63) is 46.5 Å². The molecule has 7 heteroatoms. The molecule has 0 bridgehead atoms. The van der Waals surface area contributed by atoms with Gasteiger partial charge in [-0.25, -0.2) is 4.79 Å². The zero-order valence-corrected chi connectivity index (χ0v) is 17.3. The van der Waals surface area contributed by atoms with E-state index in [1.807, 2.05) is 6.20 Å². The van der Waals surface area contributed by atoms with Crippen molar-refractivity contribution in [1.82, 2.24) is 9.88 Å². The van der Waals surface area contributed by atoms with Crippen molar-refractivity contribution >= 4 is 39.7 Å². The van der Waals surface area contributed by atoms with E-state index in [0.717, 1.165) is 48.2 Å². The number of rotatable bonds is 5. The minimum atomic E-state index is -1.10. The van der Waals surface area contributed by atoms with Gasteiger partial charge in [-0.15, -0.1) is 0 Å². The van der Waals surface area contributed by atoms with Crippen molar-refractivity contribution in [1.29, 1.82) is 0 Å². The van der Waals surface area contributed by atoms with Gasteiger partial charge >= 0.3 is 5.97 Å². The summed E-state index contributed by atoms with van der Waals surface area (Å²) < 4.78 is 0. The summed E-state index contributed by atoms with van der Waals surface area (Å²) in [4.78, 5) is 34.0. The molecule has 2 heterocycles. The fraction of sp³-hybridized carbons (Fsp3) is 0.409. The second kappa shape index (κ2) is 8.45. The van der Waals surface area contributed by atoms with Crippen LogP contribution < -0.4 is 0 Å². The van der Waals surface area contributed by atoms with Crippen molar-refractivity contribution in [3.8, 4) is 0 Å². The van der Waals surface area contributed by atoms with E-state index in [-0.39, 0.29) is 16.9 Å². The van der Waals surface area contributed by atoms with E-state index in [9.17, 15) is 9.59 Å². The highest BCUT2D eigenvalue weighted by Crippen LogP contribution is 2.33. The van der Waals surface area contributed by atoms with Crippen molar-refractivity contribution in [3.63, 3.8) is 0 Å². The zero-order chi connectivity index (χ0) is 20.4. The van der Waals surface area contributed by atoms with Crippen LogP contribution in [0, 0.1) is 6.92 Å². The molecule has 2 aromatic rings. The molecule has 1 aliphatic heterocycles. The molecule has 6 nitrogen and oxygen atoms in total. The van der Waals surface area contributed by atoms with E-state index in [4.69, 9.17) is 10.1 Å². The summed E-state index contributed by atoms with van der Waals surface area (Å²) in [5.41, 5.74) is 3.42. The second-order valence-electron chi connectivity index (χ2n) is 7.72. The first-order valence-electron chi connectivity index (χ1n) is 10.1. The van der Waals surface area contributed by atoms with E-state index in [1.54, 1.807) is 4.90 Å². The summed E-state index contributed by atoms with van der Waals surface area (Å²) in [5, 5.41) is 10.9. The third-order valence-electron chi connectivity index (χ3n) is 5.54. The molecule has 0 atom stereocenters. The molecule has 152 valence electrons. The lowest BCUT2D eigenvalue weighted by molar-refractivity contribution is -0.132. The maximum absolute atomic E-state index is 12.9. The lowest BCUT2D eigenvalue weighted by atomic mass is 9.96. The van der Waals surface area contributed by atoms with Gasteiger partial charge < -0.3 is 10.1 Å². The molecular weight excluding hydrogens is 386 g/mol. The number of aromatic amines is 1. The fourth-order valence-electron chi connectivity index (χ4n) is 4.01. The number of H-pyrrole nitrogens is 1. The van der Waals surface area contributed by atoms with Crippen molar-refractivity contribution < 1.29 is 14.7 Å². The van der Waals surface area contributed by atoms with Crippen LogP contribution in [0.2, 0.25) is 0 Å². The molecular formula is C22H25N3O3S. The normalized spacial score (nSPS) is 21.0. The number of carboxylic acid groups (broad SMARTS) is 1. The van der Waals surface area contributed by atoms with Crippen LogP contribution in [-0.4, -0.2) is 44.6 Å². The first kappa shape index (κ1) is 19.8. The van der Waals surface area contributed by atoms with Crippen LogP contribution in [0.3, 0.4) is 0 Å². The standard InChI is InChI=1S/C22H25N3O3S/c1-14-7-8-18-17(11-14)15(13-23-18)9-10-25-21(28)19(12-20(26)27)29-22(25)24-16-5-3-2-4-6-16/h7-8,11-13,16,23H,2-6,9-10H2,1H3,(H,26,27). The molecule has 2 N–H and O–H groups in total. The first-order valence-corrected chi connectivity index (χ1v) is 10.9. The van der Waals surface area contributed by atoms with Crippen molar-refractivity contribution in [2.24, 2.45) is 4.99 Å². The van der Waals surface area contributed by atoms with E-state index in [1.165, 1.54) is 23.7 Å². The Labute approximate surface area is 174 Å². The quantitative estimate of drug-likeness (QED) is 0.720. The number of carbonyl (C=O) groups is 2. The molecule has 1 aromatic carbocycles. The van der Waals surface area contributed by atoms with E-state index < -0.39 is 5.97 Å². The van der Waals surface area contributed by atoms with Gasteiger partial charge in [0.15, 0.2) is 5.17 Å². The summed E-state index contributed by atoms with van der Waals surface area (Å²) in [6.45, 7) is 2.55. The van der Waals surface area contributed by atoms with Gasteiger partial charge in [-0.3, -0.25) is 14.7 Å². The Hall–Kier alpha value is -2.54. The lowest BCUT2D eigenvalue weighted by Crippen LogP contribution is -2.32. The number of aliphatic imine (C=N–C) groups is 1. The van der Waals surface area contributed by atoms with Gasteiger partial charge in [0.25, 0.3) is 5.91 Å². The summed E-state index contributed by atoms with van der Waals surface area (Å²) in [5.74, 6) is -1.37. The lowest BCUT2D eigenvalue weighted by Gasteiger charge is -2.21. The van der Waals surface area contributed by atoms with Crippen molar-refractivity contribution in [2.45, 2.75) is 51.5 Å². The molecule has 1 aliphatic carbocycles. The number of fused-ring (bicyclic) bond motifs is 1. The number of benzene rings is 1. The number of amidine groups is 1. The SMILES string of the molecule is Cc1ccc2[nH]cc(CCN3C(=O)C(=CC(=O)O)SC3=NC3CCCCC3)c2c1. The van der Waals surface area contributed by atoms with Crippen LogP contribution in [0.1, 0.15) is 43.2 Å². The van der Waals surface area contributed by atoms with Gasteiger partial charge in [-0.1, -0.05) is 30.9 Å². The van der Waals surface area contributed by atoms with Crippen LogP contribution in [-0.2, 0) is 16.0 Å². The Morgan fingerprint density at radius 3 is 2.90 bits per heavy atom.